The molecule has 1 atom stereocenters. The molecule has 5 heteroatoms. The molecular formula is C19H18FN3O. The topological polar surface area (TPSA) is 47.3 Å². The van der Waals surface area contributed by atoms with E-state index in [4.69, 9.17) is 0 Å². The highest BCUT2D eigenvalue weighted by Crippen LogP contribution is 2.21. The van der Waals surface area contributed by atoms with E-state index in [9.17, 15) is 14.4 Å². The zero-order valence-electron chi connectivity index (χ0n) is 13.2. The number of nitrogens with zero attached hydrogens (tertiary/aromatic N) is 3. The van der Waals surface area contributed by atoms with Gasteiger partial charge in [-0.25, -0.2) is 4.39 Å². The molecule has 4 nitrogen and oxygen atoms in total. The fraction of sp³-hybridized carbons (Fsp3) is 0.263. The van der Waals surface area contributed by atoms with Gasteiger partial charge in [-0.1, -0.05) is 30.3 Å². The fourth-order valence-corrected chi connectivity index (χ4v) is 2.96. The number of rotatable bonds is 3. The maximum Gasteiger partial charge on any atom is 0.253 e. The third-order valence-corrected chi connectivity index (χ3v) is 4.30. The molecule has 1 saturated heterocycles. The van der Waals surface area contributed by atoms with Crippen molar-refractivity contribution in [3.05, 3.63) is 71.5 Å². The van der Waals surface area contributed by atoms with Gasteiger partial charge in [0, 0.05) is 31.7 Å². The second-order valence-corrected chi connectivity index (χ2v) is 5.78. The van der Waals surface area contributed by atoms with Crippen LogP contribution in [0.3, 0.4) is 0 Å². The summed E-state index contributed by atoms with van der Waals surface area (Å²) in [5.41, 5.74) is 1.46. The van der Waals surface area contributed by atoms with Crippen LogP contribution in [0.1, 0.15) is 22.0 Å². The first-order chi connectivity index (χ1) is 11.7. The highest BCUT2D eigenvalue weighted by molar-refractivity contribution is 5.94. The first-order valence-corrected chi connectivity index (χ1v) is 7.92. The van der Waals surface area contributed by atoms with Gasteiger partial charge >= 0.3 is 0 Å². The lowest BCUT2D eigenvalue weighted by Crippen LogP contribution is -2.49. The average Bonchev–Trinajstić information content (AvgIpc) is 2.64. The summed E-state index contributed by atoms with van der Waals surface area (Å²) in [4.78, 5) is 16.3. The Hall–Kier alpha value is -2.71. The number of halogens is 1. The van der Waals surface area contributed by atoms with Gasteiger partial charge in [0.2, 0.25) is 0 Å². The van der Waals surface area contributed by atoms with E-state index < -0.39 is 0 Å². The minimum Gasteiger partial charge on any atom is -0.336 e. The molecule has 2 aromatic carbocycles. The molecule has 0 bridgehead atoms. The third-order valence-electron chi connectivity index (χ3n) is 4.30. The third kappa shape index (κ3) is 3.44. The van der Waals surface area contributed by atoms with Gasteiger partial charge in [-0.15, -0.1) is 0 Å². The normalized spacial score (nSPS) is 16.4. The van der Waals surface area contributed by atoms with E-state index in [1.165, 1.54) is 24.3 Å². The minimum absolute atomic E-state index is 0.0946. The molecule has 0 spiro atoms. The van der Waals surface area contributed by atoms with E-state index in [0.29, 0.717) is 31.7 Å². The zero-order valence-corrected chi connectivity index (χ0v) is 13.2. The maximum absolute atomic E-state index is 13.0. The number of nitriles is 1. The van der Waals surface area contributed by atoms with E-state index in [0.717, 1.165) is 5.56 Å². The Morgan fingerprint density at radius 1 is 1.00 bits per heavy atom. The highest BCUT2D eigenvalue weighted by Gasteiger charge is 2.27. The van der Waals surface area contributed by atoms with E-state index in [2.05, 4.69) is 11.0 Å². The summed E-state index contributed by atoms with van der Waals surface area (Å²) >= 11 is 0. The molecule has 1 amide bonds. The summed E-state index contributed by atoms with van der Waals surface area (Å²) in [5, 5.41) is 9.50. The van der Waals surface area contributed by atoms with E-state index in [1.54, 1.807) is 4.90 Å². The van der Waals surface area contributed by atoms with Gasteiger partial charge < -0.3 is 4.90 Å². The van der Waals surface area contributed by atoms with Crippen molar-refractivity contribution in [3.8, 4) is 6.07 Å². The molecule has 1 aliphatic rings. The largest absolute Gasteiger partial charge is 0.336 e. The molecule has 0 aliphatic carbocycles. The van der Waals surface area contributed by atoms with Crippen molar-refractivity contribution >= 4 is 5.91 Å². The lowest BCUT2D eigenvalue weighted by atomic mass is 10.1. The van der Waals surface area contributed by atoms with Gasteiger partial charge in [0.25, 0.3) is 5.91 Å². The van der Waals surface area contributed by atoms with Crippen molar-refractivity contribution in [2.45, 2.75) is 6.04 Å². The maximum atomic E-state index is 13.0. The highest BCUT2D eigenvalue weighted by atomic mass is 19.1. The summed E-state index contributed by atoms with van der Waals surface area (Å²) in [7, 11) is 0. The molecule has 0 radical (unpaired) electrons. The summed E-state index contributed by atoms with van der Waals surface area (Å²) in [6.07, 6.45) is 0. The number of piperazine rings is 1. The minimum atomic E-state index is -0.351. The Kier molecular flexibility index (Phi) is 4.88. The first kappa shape index (κ1) is 16.2. The molecule has 24 heavy (non-hydrogen) atoms. The van der Waals surface area contributed by atoms with Crippen LogP contribution in [0.2, 0.25) is 0 Å². The monoisotopic (exact) mass is 323 g/mol. The Morgan fingerprint density at radius 3 is 2.21 bits per heavy atom. The van der Waals surface area contributed by atoms with Crippen molar-refractivity contribution in [2.24, 2.45) is 0 Å². The molecule has 0 saturated carbocycles. The molecule has 0 aromatic heterocycles. The van der Waals surface area contributed by atoms with Crippen molar-refractivity contribution in [1.29, 1.82) is 5.26 Å². The van der Waals surface area contributed by atoms with Crippen LogP contribution >= 0.6 is 0 Å². The van der Waals surface area contributed by atoms with Crippen LogP contribution in [0, 0.1) is 17.1 Å². The number of amides is 1. The lowest BCUT2D eigenvalue weighted by Gasteiger charge is -2.37. The average molecular weight is 323 g/mol. The van der Waals surface area contributed by atoms with Crippen LogP contribution < -0.4 is 0 Å². The van der Waals surface area contributed by atoms with Crippen LogP contribution in [-0.2, 0) is 0 Å². The Bertz CT molecular complexity index is 731. The Morgan fingerprint density at radius 2 is 1.62 bits per heavy atom. The zero-order chi connectivity index (χ0) is 16.9. The van der Waals surface area contributed by atoms with Crippen LogP contribution in [0.4, 0.5) is 4.39 Å². The first-order valence-electron chi connectivity index (χ1n) is 7.92. The molecule has 3 rings (SSSR count). The van der Waals surface area contributed by atoms with Crippen molar-refractivity contribution < 1.29 is 9.18 Å². The van der Waals surface area contributed by atoms with Gasteiger partial charge in [0.05, 0.1) is 6.07 Å². The summed E-state index contributed by atoms with van der Waals surface area (Å²) in [6.45, 7) is 2.39. The predicted octanol–water partition coefficient (Wildman–Crippen LogP) is 2.85. The molecule has 0 N–H and O–H groups in total. The second-order valence-electron chi connectivity index (χ2n) is 5.78. The summed E-state index contributed by atoms with van der Waals surface area (Å²) in [5.74, 6) is -0.445. The van der Waals surface area contributed by atoms with E-state index in [-0.39, 0.29) is 17.8 Å². The number of hydrogen-bond acceptors (Lipinski definition) is 3. The molecule has 1 aliphatic heterocycles. The van der Waals surface area contributed by atoms with Crippen LogP contribution in [-0.4, -0.2) is 41.9 Å². The van der Waals surface area contributed by atoms with Crippen LogP contribution in [0.15, 0.2) is 54.6 Å². The molecule has 0 unspecified atom stereocenters. The molecule has 2 aromatic rings. The number of hydrogen-bond donors (Lipinski definition) is 0. The van der Waals surface area contributed by atoms with Gasteiger partial charge in [-0.05, 0) is 29.8 Å². The second kappa shape index (κ2) is 7.24. The molecule has 1 heterocycles. The Labute approximate surface area is 140 Å². The van der Waals surface area contributed by atoms with Crippen LogP contribution in [0.5, 0.6) is 0 Å². The van der Waals surface area contributed by atoms with E-state index >= 15 is 0 Å². The van der Waals surface area contributed by atoms with Gasteiger partial charge in [-0.3, -0.25) is 9.69 Å². The number of carbonyl (C=O) groups excluding carboxylic acids is 1. The smallest absolute Gasteiger partial charge is 0.253 e. The summed E-state index contributed by atoms with van der Waals surface area (Å²) < 4.78 is 13.0. The lowest BCUT2D eigenvalue weighted by molar-refractivity contribution is 0.0606. The van der Waals surface area contributed by atoms with Gasteiger partial charge in [0.1, 0.15) is 11.9 Å². The quantitative estimate of drug-likeness (QED) is 0.872. The summed E-state index contributed by atoms with van der Waals surface area (Å²) in [6, 6.07) is 17.3. The number of benzene rings is 2. The van der Waals surface area contributed by atoms with E-state index in [1.807, 2.05) is 30.3 Å². The van der Waals surface area contributed by atoms with Crippen LogP contribution in [0.25, 0.3) is 0 Å². The standard InChI is InChI=1S/C19H18FN3O/c20-17-8-6-16(7-9-17)19(24)23-12-10-22(11-13-23)18(14-21)15-4-2-1-3-5-15/h1-9,18H,10-13H2/t18-/m1/s1. The molecular weight excluding hydrogens is 305 g/mol. The Balaban J connectivity index is 1.64. The van der Waals surface area contributed by atoms with Crippen molar-refractivity contribution in [3.63, 3.8) is 0 Å². The van der Waals surface area contributed by atoms with Crippen molar-refractivity contribution in [1.82, 2.24) is 9.80 Å². The van der Waals surface area contributed by atoms with Gasteiger partial charge in [-0.2, -0.15) is 5.26 Å². The predicted molar refractivity (Wildman–Crippen MR) is 88.7 cm³/mol. The molecule has 122 valence electrons. The van der Waals surface area contributed by atoms with Crippen molar-refractivity contribution in [2.75, 3.05) is 26.2 Å². The molecule has 1 fully saturated rings. The fourth-order valence-electron chi connectivity index (χ4n) is 2.96. The van der Waals surface area contributed by atoms with Gasteiger partial charge in [0.15, 0.2) is 0 Å². The number of carbonyl (C=O) groups is 1. The SMILES string of the molecule is N#C[C@H](c1ccccc1)N1CCN(C(=O)c2ccc(F)cc2)CC1.